The van der Waals surface area contributed by atoms with E-state index in [0.29, 0.717) is 6.04 Å². The minimum absolute atomic E-state index is 0.0119. The van der Waals surface area contributed by atoms with Crippen molar-refractivity contribution in [1.29, 1.82) is 0 Å². The molecule has 2 unspecified atom stereocenters. The molecule has 0 amide bonds. The highest BCUT2D eigenvalue weighted by Gasteiger charge is 2.42. The van der Waals surface area contributed by atoms with Crippen molar-refractivity contribution in [2.75, 3.05) is 20.1 Å². The minimum Gasteiger partial charge on any atom is -0.354 e. The van der Waals surface area contributed by atoms with Gasteiger partial charge in [-0.05, 0) is 47.2 Å². The molecule has 0 radical (unpaired) electrons. The van der Waals surface area contributed by atoms with E-state index in [-0.39, 0.29) is 11.3 Å². The second-order valence-corrected chi connectivity index (χ2v) is 6.28. The SMILES string of the molecule is CN1CCCCC1CC1(C)NCC(C)(C)O1. The Balaban J connectivity index is 1.93. The van der Waals surface area contributed by atoms with Gasteiger partial charge in [0, 0.05) is 19.0 Å². The lowest BCUT2D eigenvalue weighted by Crippen LogP contribution is -2.47. The van der Waals surface area contributed by atoms with E-state index in [4.69, 9.17) is 4.74 Å². The molecule has 0 aromatic heterocycles. The average Bonchev–Trinajstić information content (AvgIpc) is 2.45. The fraction of sp³-hybridized carbons (Fsp3) is 1.00. The minimum atomic E-state index is -0.125. The highest BCUT2D eigenvalue weighted by Crippen LogP contribution is 2.31. The molecular formula is C13H26N2O. The Labute approximate surface area is 99.5 Å². The summed E-state index contributed by atoms with van der Waals surface area (Å²) in [6.45, 7) is 8.72. The zero-order chi connectivity index (χ0) is 11.8. The van der Waals surface area contributed by atoms with Crippen LogP contribution in [-0.4, -0.2) is 42.4 Å². The fourth-order valence-corrected chi connectivity index (χ4v) is 3.05. The van der Waals surface area contributed by atoms with Gasteiger partial charge in [0.1, 0.15) is 5.72 Å². The van der Waals surface area contributed by atoms with Gasteiger partial charge in [-0.2, -0.15) is 0 Å². The monoisotopic (exact) mass is 226 g/mol. The van der Waals surface area contributed by atoms with E-state index in [2.05, 4.69) is 38.0 Å². The van der Waals surface area contributed by atoms with Crippen LogP contribution in [0.25, 0.3) is 0 Å². The largest absolute Gasteiger partial charge is 0.354 e. The molecule has 94 valence electrons. The first-order valence-electron chi connectivity index (χ1n) is 6.56. The third-order valence-electron chi connectivity index (χ3n) is 3.94. The van der Waals surface area contributed by atoms with Crippen LogP contribution in [-0.2, 0) is 4.74 Å². The first-order chi connectivity index (χ1) is 7.40. The van der Waals surface area contributed by atoms with Crippen molar-refractivity contribution in [3.63, 3.8) is 0 Å². The Morgan fingerprint density at radius 3 is 2.62 bits per heavy atom. The maximum absolute atomic E-state index is 6.15. The number of rotatable bonds is 2. The molecule has 0 aliphatic carbocycles. The molecule has 0 bridgehead atoms. The van der Waals surface area contributed by atoms with Gasteiger partial charge in [0.15, 0.2) is 0 Å². The summed E-state index contributed by atoms with van der Waals surface area (Å²) in [6, 6.07) is 0.681. The summed E-state index contributed by atoms with van der Waals surface area (Å²) in [4.78, 5) is 2.49. The van der Waals surface area contributed by atoms with Crippen molar-refractivity contribution >= 4 is 0 Å². The standard InChI is InChI=1S/C13H26N2O/c1-12(2)10-14-13(3,16-12)9-11-7-5-6-8-15(11)4/h11,14H,5-10H2,1-4H3. The molecule has 2 aliphatic rings. The number of hydrogen-bond donors (Lipinski definition) is 1. The molecule has 2 atom stereocenters. The predicted molar refractivity (Wildman–Crippen MR) is 66.5 cm³/mol. The van der Waals surface area contributed by atoms with E-state index in [1.165, 1.54) is 25.8 Å². The van der Waals surface area contributed by atoms with Crippen LogP contribution in [0.15, 0.2) is 0 Å². The third-order valence-corrected chi connectivity index (χ3v) is 3.94. The van der Waals surface area contributed by atoms with Crippen LogP contribution in [0.4, 0.5) is 0 Å². The van der Waals surface area contributed by atoms with Crippen LogP contribution >= 0.6 is 0 Å². The molecule has 1 N–H and O–H groups in total. The summed E-state index contributed by atoms with van der Waals surface area (Å²) in [7, 11) is 2.24. The molecule has 2 rings (SSSR count). The van der Waals surface area contributed by atoms with Gasteiger partial charge in [-0.25, -0.2) is 0 Å². The van der Waals surface area contributed by atoms with E-state index in [9.17, 15) is 0 Å². The molecule has 16 heavy (non-hydrogen) atoms. The third kappa shape index (κ3) is 2.76. The Morgan fingerprint density at radius 2 is 2.06 bits per heavy atom. The quantitative estimate of drug-likeness (QED) is 0.779. The maximum Gasteiger partial charge on any atom is 0.118 e. The predicted octanol–water partition coefficient (Wildman–Crippen LogP) is 1.98. The smallest absolute Gasteiger partial charge is 0.118 e. The van der Waals surface area contributed by atoms with E-state index in [1.54, 1.807) is 0 Å². The number of nitrogens with zero attached hydrogens (tertiary/aromatic N) is 1. The van der Waals surface area contributed by atoms with Crippen LogP contribution in [0.5, 0.6) is 0 Å². The van der Waals surface area contributed by atoms with Gasteiger partial charge in [0.25, 0.3) is 0 Å². The molecule has 2 heterocycles. The Hall–Kier alpha value is -0.120. The number of ether oxygens (including phenoxy) is 1. The Morgan fingerprint density at radius 1 is 1.31 bits per heavy atom. The van der Waals surface area contributed by atoms with E-state index in [1.807, 2.05) is 0 Å². The van der Waals surface area contributed by atoms with Gasteiger partial charge >= 0.3 is 0 Å². The molecule has 2 saturated heterocycles. The Kier molecular flexibility index (Phi) is 3.30. The first kappa shape index (κ1) is 12.3. The van der Waals surface area contributed by atoms with Gasteiger partial charge in [0.2, 0.25) is 0 Å². The molecule has 3 heteroatoms. The second-order valence-electron chi connectivity index (χ2n) is 6.28. The molecule has 3 nitrogen and oxygen atoms in total. The molecular weight excluding hydrogens is 200 g/mol. The number of piperidine rings is 1. The lowest BCUT2D eigenvalue weighted by molar-refractivity contribution is -0.0954. The van der Waals surface area contributed by atoms with E-state index >= 15 is 0 Å². The normalized spacial score (nSPS) is 40.1. The van der Waals surface area contributed by atoms with Crippen LogP contribution in [0.2, 0.25) is 0 Å². The number of nitrogens with one attached hydrogen (secondary N) is 1. The molecule has 0 aromatic carbocycles. The molecule has 2 fully saturated rings. The molecule has 2 aliphatic heterocycles. The number of likely N-dealkylation sites (tertiary alicyclic amines) is 1. The van der Waals surface area contributed by atoms with Gasteiger partial charge < -0.3 is 9.64 Å². The summed E-state index contributed by atoms with van der Waals surface area (Å²) < 4.78 is 6.15. The molecule has 0 saturated carbocycles. The zero-order valence-electron chi connectivity index (χ0n) is 11.2. The lowest BCUT2D eigenvalue weighted by atomic mass is 9.95. The summed E-state index contributed by atoms with van der Waals surface area (Å²) in [5, 5.41) is 3.54. The maximum atomic E-state index is 6.15. The van der Waals surface area contributed by atoms with Gasteiger partial charge in [0.05, 0.1) is 5.60 Å². The van der Waals surface area contributed by atoms with Gasteiger partial charge in [-0.15, -0.1) is 0 Å². The van der Waals surface area contributed by atoms with Crippen LogP contribution in [0, 0.1) is 0 Å². The van der Waals surface area contributed by atoms with Crippen molar-refractivity contribution in [1.82, 2.24) is 10.2 Å². The first-order valence-corrected chi connectivity index (χ1v) is 6.56. The van der Waals surface area contributed by atoms with Crippen molar-refractivity contribution in [2.24, 2.45) is 0 Å². The van der Waals surface area contributed by atoms with Crippen molar-refractivity contribution in [3.05, 3.63) is 0 Å². The zero-order valence-corrected chi connectivity index (χ0v) is 11.2. The van der Waals surface area contributed by atoms with Crippen molar-refractivity contribution in [2.45, 2.75) is 63.8 Å². The molecule has 0 aromatic rings. The summed E-state index contributed by atoms with van der Waals surface area (Å²) >= 11 is 0. The lowest BCUT2D eigenvalue weighted by Gasteiger charge is -2.38. The van der Waals surface area contributed by atoms with Crippen molar-refractivity contribution < 1.29 is 4.74 Å². The second kappa shape index (κ2) is 4.28. The van der Waals surface area contributed by atoms with Crippen LogP contribution in [0.3, 0.4) is 0 Å². The highest BCUT2D eigenvalue weighted by molar-refractivity contribution is 4.92. The van der Waals surface area contributed by atoms with Crippen LogP contribution in [0.1, 0.15) is 46.5 Å². The topological polar surface area (TPSA) is 24.5 Å². The summed E-state index contributed by atoms with van der Waals surface area (Å²) in [5.41, 5.74) is -0.137. The molecule has 0 spiro atoms. The summed E-state index contributed by atoms with van der Waals surface area (Å²) in [6.07, 6.45) is 5.14. The number of hydrogen-bond acceptors (Lipinski definition) is 3. The van der Waals surface area contributed by atoms with Gasteiger partial charge in [-0.1, -0.05) is 6.42 Å². The Bertz CT molecular complexity index is 254. The van der Waals surface area contributed by atoms with E-state index in [0.717, 1.165) is 13.0 Å². The van der Waals surface area contributed by atoms with Gasteiger partial charge in [-0.3, -0.25) is 5.32 Å². The highest BCUT2D eigenvalue weighted by atomic mass is 16.5. The average molecular weight is 226 g/mol. The van der Waals surface area contributed by atoms with Crippen LogP contribution < -0.4 is 5.32 Å². The fourth-order valence-electron chi connectivity index (χ4n) is 3.05. The summed E-state index contributed by atoms with van der Waals surface area (Å²) in [5.74, 6) is 0. The van der Waals surface area contributed by atoms with E-state index < -0.39 is 0 Å². The van der Waals surface area contributed by atoms with Crippen molar-refractivity contribution in [3.8, 4) is 0 Å².